The molecule has 0 aliphatic carbocycles. The molecule has 0 bridgehead atoms. The number of ether oxygens (including phenoxy) is 1. The smallest absolute Gasteiger partial charge is 0.226 e. The molecule has 0 N–H and O–H groups in total. The van der Waals surface area contributed by atoms with Crippen LogP contribution in [-0.4, -0.2) is 9.97 Å². The van der Waals surface area contributed by atoms with E-state index in [-0.39, 0.29) is 0 Å². The Labute approximate surface area is 126 Å². The standard InChI is InChI=1S/C14H14BrClN2O/c1-7-5-11(6-8(2)12(7)15)19-14-9(3)13(16)17-10(4)18-14/h5-6H,1-4H3. The van der Waals surface area contributed by atoms with E-state index in [9.17, 15) is 0 Å². The number of rotatable bonds is 2. The van der Waals surface area contributed by atoms with Crippen molar-refractivity contribution in [3.05, 3.63) is 44.3 Å². The summed E-state index contributed by atoms with van der Waals surface area (Å²) in [7, 11) is 0. The Bertz CT molecular complexity index is 621. The second kappa shape index (κ2) is 5.47. The maximum atomic E-state index is 6.03. The number of halogens is 2. The van der Waals surface area contributed by atoms with Crippen molar-refractivity contribution in [2.24, 2.45) is 0 Å². The third-order valence-corrected chi connectivity index (χ3v) is 4.40. The van der Waals surface area contributed by atoms with Crippen molar-refractivity contribution in [1.29, 1.82) is 0 Å². The first-order chi connectivity index (χ1) is 8.88. The van der Waals surface area contributed by atoms with Crippen molar-refractivity contribution in [2.75, 3.05) is 0 Å². The number of aromatic nitrogens is 2. The van der Waals surface area contributed by atoms with E-state index in [0.29, 0.717) is 16.9 Å². The van der Waals surface area contributed by atoms with E-state index in [1.165, 1.54) is 0 Å². The summed E-state index contributed by atoms with van der Waals surface area (Å²) in [5.74, 6) is 1.84. The molecule has 100 valence electrons. The Morgan fingerprint density at radius 2 is 1.63 bits per heavy atom. The molecule has 2 rings (SSSR count). The monoisotopic (exact) mass is 340 g/mol. The molecular weight excluding hydrogens is 328 g/mol. The molecule has 0 saturated heterocycles. The number of benzene rings is 1. The van der Waals surface area contributed by atoms with Crippen LogP contribution in [0.4, 0.5) is 0 Å². The summed E-state index contributed by atoms with van der Waals surface area (Å²) < 4.78 is 6.92. The third-order valence-electron chi connectivity index (χ3n) is 2.78. The topological polar surface area (TPSA) is 35.0 Å². The van der Waals surface area contributed by atoms with Crippen molar-refractivity contribution in [1.82, 2.24) is 9.97 Å². The van der Waals surface area contributed by atoms with Gasteiger partial charge < -0.3 is 4.74 Å². The summed E-state index contributed by atoms with van der Waals surface area (Å²) in [4.78, 5) is 8.37. The number of hydrogen-bond acceptors (Lipinski definition) is 3. The van der Waals surface area contributed by atoms with Crippen molar-refractivity contribution in [3.63, 3.8) is 0 Å². The van der Waals surface area contributed by atoms with E-state index >= 15 is 0 Å². The van der Waals surface area contributed by atoms with Crippen molar-refractivity contribution < 1.29 is 4.74 Å². The Morgan fingerprint density at radius 1 is 1.05 bits per heavy atom. The predicted octanol–water partition coefficient (Wildman–Crippen LogP) is 4.92. The molecule has 3 nitrogen and oxygen atoms in total. The van der Waals surface area contributed by atoms with Crippen LogP contribution >= 0.6 is 27.5 Å². The van der Waals surface area contributed by atoms with E-state index in [2.05, 4.69) is 25.9 Å². The van der Waals surface area contributed by atoms with Crippen LogP contribution in [0, 0.1) is 27.7 Å². The predicted molar refractivity (Wildman–Crippen MR) is 80.2 cm³/mol. The average Bonchev–Trinajstić information content (AvgIpc) is 2.32. The number of nitrogens with zero attached hydrogens (tertiary/aromatic N) is 2. The molecular formula is C14H14BrClN2O. The van der Waals surface area contributed by atoms with Gasteiger partial charge in [0.05, 0.1) is 0 Å². The zero-order valence-electron chi connectivity index (χ0n) is 11.2. The lowest BCUT2D eigenvalue weighted by Gasteiger charge is -2.11. The van der Waals surface area contributed by atoms with Gasteiger partial charge in [-0.2, -0.15) is 4.98 Å². The summed E-state index contributed by atoms with van der Waals surface area (Å²) in [6, 6.07) is 3.92. The molecule has 0 spiro atoms. The van der Waals surface area contributed by atoms with Crippen LogP contribution < -0.4 is 4.74 Å². The first kappa shape index (κ1) is 14.3. The molecule has 0 aliphatic rings. The zero-order chi connectivity index (χ0) is 14.2. The maximum Gasteiger partial charge on any atom is 0.226 e. The zero-order valence-corrected chi connectivity index (χ0v) is 13.6. The van der Waals surface area contributed by atoms with Gasteiger partial charge >= 0.3 is 0 Å². The highest BCUT2D eigenvalue weighted by Crippen LogP contribution is 2.31. The van der Waals surface area contributed by atoms with Gasteiger partial charge in [0.15, 0.2) is 0 Å². The van der Waals surface area contributed by atoms with Crippen LogP contribution in [0.15, 0.2) is 16.6 Å². The molecule has 19 heavy (non-hydrogen) atoms. The lowest BCUT2D eigenvalue weighted by molar-refractivity contribution is 0.455. The minimum Gasteiger partial charge on any atom is -0.439 e. The Morgan fingerprint density at radius 3 is 2.21 bits per heavy atom. The molecule has 0 unspecified atom stereocenters. The molecule has 0 saturated carbocycles. The normalized spacial score (nSPS) is 10.6. The number of hydrogen-bond donors (Lipinski definition) is 0. The molecule has 0 fully saturated rings. The first-order valence-corrected chi connectivity index (χ1v) is 7.01. The van der Waals surface area contributed by atoms with Gasteiger partial charge in [-0.1, -0.05) is 27.5 Å². The van der Waals surface area contributed by atoms with Gasteiger partial charge in [-0.25, -0.2) is 4.98 Å². The fourth-order valence-electron chi connectivity index (χ4n) is 1.75. The van der Waals surface area contributed by atoms with Gasteiger partial charge in [0, 0.05) is 10.0 Å². The highest BCUT2D eigenvalue weighted by Gasteiger charge is 2.11. The van der Waals surface area contributed by atoms with Gasteiger partial charge in [-0.15, -0.1) is 0 Å². The molecule has 1 heterocycles. The largest absolute Gasteiger partial charge is 0.439 e. The fraction of sp³-hybridized carbons (Fsp3) is 0.286. The van der Waals surface area contributed by atoms with Crippen LogP contribution in [0.1, 0.15) is 22.5 Å². The lowest BCUT2D eigenvalue weighted by Crippen LogP contribution is -1.98. The van der Waals surface area contributed by atoms with Gasteiger partial charge in [-0.3, -0.25) is 0 Å². The molecule has 1 aromatic carbocycles. The van der Waals surface area contributed by atoms with E-state index in [0.717, 1.165) is 26.9 Å². The number of aryl methyl sites for hydroxylation is 3. The second-order valence-corrected chi connectivity index (χ2v) is 5.62. The van der Waals surface area contributed by atoms with E-state index in [4.69, 9.17) is 16.3 Å². The van der Waals surface area contributed by atoms with Gasteiger partial charge in [-0.05, 0) is 51.0 Å². The summed E-state index contributed by atoms with van der Waals surface area (Å²) in [6.45, 7) is 7.68. The summed E-state index contributed by atoms with van der Waals surface area (Å²) >= 11 is 9.57. The van der Waals surface area contributed by atoms with Crippen LogP contribution in [0.25, 0.3) is 0 Å². The van der Waals surface area contributed by atoms with E-state index in [1.54, 1.807) is 6.92 Å². The molecule has 0 amide bonds. The van der Waals surface area contributed by atoms with Crippen LogP contribution in [0.5, 0.6) is 11.6 Å². The highest BCUT2D eigenvalue weighted by molar-refractivity contribution is 9.10. The third kappa shape index (κ3) is 3.07. The van der Waals surface area contributed by atoms with Gasteiger partial charge in [0.2, 0.25) is 5.88 Å². The fourth-order valence-corrected chi connectivity index (χ4v) is 2.18. The maximum absolute atomic E-state index is 6.03. The lowest BCUT2D eigenvalue weighted by atomic mass is 10.1. The molecule has 0 atom stereocenters. The SMILES string of the molecule is Cc1nc(Cl)c(C)c(Oc2cc(C)c(Br)c(C)c2)n1. The Hall–Kier alpha value is -1.13. The van der Waals surface area contributed by atoms with Crippen LogP contribution in [0.3, 0.4) is 0 Å². The van der Waals surface area contributed by atoms with Gasteiger partial charge in [0.1, 0.15) is 16.7 Å². The molecule has 5 heteroatoms. The Kier molecular flexibility index (Phi) is 4.11. The minimum atomic E-state index is 0.424. The van der Waals surface area contributed by atoms with Crippen molar-refractivity contribution in [2.45, 2.75) is 27.7 Å². The summed E-state index contributed by atoms with van der Waals surface area (Å²) in [5.41, 5.74) is 2.97. The van der Waals surface area contributed by atoms with E-state index in [1.807, 2.05) is 32.9 Å². The Balaban J connectivity index is 2.42. The average molecular weight is 342 g/mol. The molecule has 1 aromatic heterocycles. The van der Waals surface area contributed by atoms with Crippen molar-refractivity contribution in [3.8, 4) is 11.6 Å². The first-order valence-electron chi connectivity index (χ1n) is 5.84. The van der Waals surface area contributed by atoms with Crippen LogP contribution in [0.2, 0.25) is 5.15 Å². The molecule has 0 radical (unpaired) electrons. The quantitative estimate of drug-likeness (QED) is 0.727. The summed E-state index contributed by atoms with van der Waals surface area (Å²) in [5, 5.41) is 0.424. The summed E-state index contributed by atoms with van der Waals surface area (Å²) in [6.07, 6.45) is 0. The molecule has 0 aliphatic heterocycles. The highest BCUT2D eigenvalue weighted by atomic mass is 79.9. The van der Waals surface area contributed by atoms with Crippen LogP contribution in [-0.2, 0) is 0 Å². The minimum absolute atomic E-state index is 0.424. The van der Waals surface area contributed by atoms with Gasteiger partial charge in [0.25, 0.3) is 0 Å². The molecule has 2 aromatic rings. The van der Waals surface area contributed by atoms with E-state index < -0.39 is 0 Å². The second-order valence-electron chi connectivity index (χ2n) is 4.46. The van der Waals surface area contributed by atoms with Crippen molar-refractivity contribution >= 4 is 27.5 Å².